The summed E-state index contributed by atoms with van der Waals surface area (Å²) in [6.07, 6.45) is 2.24. The Morgan fingerprint density at radius 2 is 2.20 bits per heavy atom. The molecule has 4 nitrogen and oxygen atoms in total. The van der Waals surface area contributed by atoms with Crippen molar-refractivity contribution in [3.05, 3.63) is 18.0 Å². The summed E-state index contributed by atoms with van der Waals surface area (Å²) in [7, 11) is 0. The molecule has 0 amide bonds. The first-order chi connectivity index (χ1) is 6.96. The molecule has 1 aromatic heterocycles. The van der Waals surface area contributed by atoms with Crippen LogP contribution in [-0.4, -0.2) is 27.3 Å². The monoisotopic (exact) mass is 210 g/mol. The van der Waals surface area contributed by atoms with E-state index in [9.17, 15) is 4.79 Å². The Morgan fingerprint density at radius 1 is 1.53 bits per heavy atom. The summed E-state index contributed by atoms with van der Waals surface area (Å²) in [5.74, 6) is 0.0814. The van der Waals surface area contributed by atoms with E-state index in [1.165, 1.54) is 0 Å². The molecule has 0 unspecified atom stereocenters. The van der Waals surface area contributed by atoms with E-state index in [1.807, 2.05) is 20.8 Å². The number of nitrogens with zero attached hydrogens (tertiary/aromatic N) is 2. The van der Waals surface area contributed by atoms with Gasteiger partial charge >= 0.3 is 0 Å². The lowest BCUT2D eigenvalue weighted by Crippen LogP contribution is -2.24. The van der Waals surface area contributed by atoms with Crippen molar-refractivity contribution in [1.29, 1.82) is 0 Å². The van der Waals surface area contributed by atoms with Crippen LogP contribution < -0.4 is 0 Å². The third-order valence-corrected chi connectivity index (χ3v) is 2.16. The van der Waals surface area contributed by atoms with Gasteiger partial charge in [0.15, 0.2) is 5.78 Å². The molecular weight excluding hydrogens is 192 g/mol. The molecule has 0 bridgehead atoms. The van der Waals surface area contributed by atoms with Gasteiger partial charge in [-0.05, 0) is 12.5 Å². The van der Waals surface area contributed by atoms with Crippen LogP contribution in [0.1, 0.15) is 37.7 Å². The molecule has 1 heterocycles. The van der Waals surface area contributed by atoms with Crippen molar-refractivity contribution >= 4 is 5.78 Å². The Hall–Kier alpha value is -1.16. The van der Waals surface area contributed by atoms with Crippen molar-refractivity contribution < 1.29 is 9.90 Å². The van der Waals surface area contributed by atoms with E-state index in [2.05, 4.69) is 5.10 Å². The van der Waals surface area contributed by atoms with E-state index in [0.717, 1.165) is 0 Å². The molecule has 84 valence electrons. The lowest BCUT2D eigenvalue weighted by atomic mass is 9.89. The largest absolute Gasteiger partial charge is 0.396 e. The van der Waals surface area contributed by atoms with Crippen LogP contribution in [0.25, 0.3) is 0 Å². The first-order valence-electron chi connectivity index (χ1n) is 5.14. The minimum atomic E-state index is -0.392. The molecule has 0 aliphatic rings. The summed E-state index contributed by atoms with van der Waals surface area (Å²) in [4.78, 5) is 12.0. The number of carbonyl (C=O) groups is 1. The molecule has 1 aromatic rings. The van der Waals surface area contributed by atoms with Crippen LogP contribution in [-0.2, 0) is 6.54 Å². The molecular formula is C11H18N2O2. The summed E-state index contributed by atoms with van der Waals surface area (Å²) < 4.78 is 1.66. The Bertz CT molecular complexity index is 337. The second-order valence-corrected chi connectivity index (χ2v) is 4.60. The molecule has 0 fully saturated rings. The minimum absolute atomic E-state index is 0.0814. The second-order valence-electron chi connectivity index (χ2n) is 4.60. The fourth-order valence-electron chi connectivity index (χ4n) is 1.31. The molecule has 0 aliphatic carbocycles. The van der Waals surface area contributed by atoms with Crippen LogP contribution in [0.2, 0.25) is 0 Å². The van der Waals surface area contributed by atoms with Crippen molar-refractivity contribution in [2.45, 2.75) is 33.7 Å². The van der Waals surface area contributed by atoms with Gasteiger partial charge in [0.05, 0.1) is 0 Å². The maximum absolute atomic E-state index is 12.0. The molecule has 0 spiro atoms. The van der Waals surface area contributed by atoms with Gasteiger partial charge in [-0.3, -0.25) is 9.48 Å². The third-order valence-electron chi connectivity index (χ3n) is 2.16. The Morgan fingerprint density at radius 3 is 2.73 bits per heavy atom. The number of aliphatic hydroxyl groups excluding tert-OH is 1. The van der Waals surface area contributed by atoms with E-state index >= 15 is 0 Å². The lowest BCUT2D eigenvalue weighted by Gasteiger charge is -2.17. The van der Waals surface area contributed by atoms with E-state index in [1.54, 1.807) is 16.9 Å². The van der Waals surface area contributed by atoms with Crippen molar-refractivity contribution in [3.8, 4) is 0 Å². The van der Waals surface area contributed by atoms with Gasteiger partial charge < -0.3 is 5.11 Å². The zero-order chi connectivity index (χ0) is 11.5. The molecule has 0 radical (unpaired) electrons. The number of hydrogen-bond acceptors (Lipinski definition) is 3. The fraction of sp³-hybridized carbons (Fsp3) is 0.636. The van der Waals surface area contributed by atoms with Gasteiger partial charge in [0.25, 0.3) is 0 Å². The van der Waals surface area contributed by atoms with Gasteiger partial charge in [-0.15, -0.1) is 0 Å². The normalized spacial score (nSPS) is 11.7. The predicted octanol–water partition coefficient (Wildman–Crippen LogP) is 1.49. The van der Waals surface area contributed by atoms with E-state index in [0.29, 0.717) is 18.7 Å². The van der Waals surface area contributed by atoms with Gasteiger partial charge in [-0.2, -0.15) is 5.10 Å². The Kier molecular flexibility index (Phi) is 3.63. The molecule has 0 atom stereocenters. The summed E-state index contributed by atoms with van der Waals surface area (Å²) in [5, 5.41) is 12.8. The third kappa shape index (κ3) is 2.89. The SMILES string of the molecule is CC(C)(C)C(=O)c1ccnn1CCCO. The first-order valence-corrected chi connectivity index (χ1v) is 5.14. The van der Waals surface area contributed by atoms with E-state index in [4.69, 9.17) is 5.11 Å². The molecule has 15 heavy (non-hydrogen) atoms. The number of aliphatic hydroxyl groups is 1. The zero-order valence-electron chi connectivity index (χ0n) is 9.53. The Balaban J connectivity index is 2.85. The minimum Gasteiger partial charge on any atom is -0.396 e. The standard InChI is InChI=1S/C11H18N2O2/c1-11(2,3)10(15)9-5-6-12-13(9)7-4-8-14/h5-6,14H,4,7-8H2,1-3H3. The number of aromatic nitrogens is 2. The molecule has 0 saturated carbocycles. The van der Waals surface area contributed by atoms with E-state index in [-0.39, 0.29) is 12.4 Å². The van der Waals surface area contributed by atoms with Gasteiger partial charge in [-0.1, -0.05) is 20.8 Å². The van der Waals surface area contributed by atoms with Crippen LogP contribution >= 0.6 is 0 Å². The number of rotatable bonds is 4. The average molecular weight is 210 g/mol. The highest BCUT2D eigenvalue weighted by Crippen LogP contribution is 2.20. The zero-order valence-corrected chi connectivity index (χ0v) is 9.53. The van der Waals surface area contributed by atoms with Crippen molar-refractivity contribution in [3.63, 3.8) is 0 Å². The van der Waals surface area contributed by atoms with E-state index < -0.39 is 5.41 Å². The molecule has 1 N–H and O–H groups in total. The van der Waals surface area contributed by atoms with Crippen molar-refractivity contribution in [2.75, 3.05) is 6.61 Å². The van der Waals surface area contributed by atoms with Crippen LogP contribution in [0.3, 0.4) is 0 Å². The van der Waals surface area contributed by atoms with Crippen LogP contribution in [0.5, 0.6) is 0 Å². The number of Topliss-reactive ketones (excluding diaryl/α,β-unsaturated/α-hetero) is 1. The maximum atomic E-state index is 12.0. The predicted molar refractivity (Wildman–Crippen MR) is 57.7 cm³/mol. The molecule has 0 aromatic carbocycles. The lowest BCUT2D eigenvalue weighted by molar-refractivity contribution is 0.0845. The summed E-state index contributed by atoms with van der Waals surface area (Å²) in [6, 6.07) is 1.73. The fourth-order valence-corrected chi connectivity index (χ4v) is 1.31. The molecule has 1 rings (SSSR count). The molecule has 4 heteroatoms. The van der Waals surface area contributed by atoms with Crippen molar-refractivity contribution in [2.24, 2.45) is 5.41 Å². The second kappa shape index (κ2) is 4.57. The number of hydrogen-bond donors (Lipinski definition) is 1. The van der Waals surface area contributed by atoms with Gasteiger partial charge in [0.2, 0.25) is 0 Å². The quantitative estimate of drug-likeness (QED) is 0.766. The van der Waals surface area contributed by atoms with Crippen LogP contribution in [0, 0.1) is 5.41 Å². The van der Waals surface area contributed by atoms with Crippen LogP contribution in [0.4, 0.5) is 0 Å². The highest BCUT2D eigenvalue weighted by atomic mass is 16.3. The van der Waals surface area contributed by atoms with Crippen LogP contribution in [0.15, 0.2) is 12.3 Å². The summed E-state index contributed by atoms with van der Waals surface area (Å²) >= 11 is 0. The number of ketones is 1. The topological polar surface area (TPSA) is 55.1 Å². The molecule has 0 saturated heterocycles. The highest BCUT2D eigenvalue weighted by Gasteiger charge is 2.25. The van der Waals surface area contributed by atoms with Crippen molar-refractivity contribution in [1.82, 2.24) is 9.78 Å². The number of aryl methyl sites for hydroxylation is 1. The van der Waals surface area contributed by atoms with Gasteiger partial charge in [0, 0.05) is 24.8 Å². The first kappa shape index (κ1) is 11.9. The smallest absolute Gasteiger partial charge is 0.186 e. The Labute approximate surface area is 89.9 Å². The number of carbonyl (C=O) groups excluding carboxylic acids is 1. The van der Waals surface area contributed by atoms with Gasteiger partial charge in [0.1, 0.15) is 5.69 Å². The highest BCUT2D eigenvalue weighted by molar-refractivity contribution is 5.98. The summed E-state index contributed by atoms with van der Waals surface area (Å²) in [5.41, 5.74) is 0.229. The molecule has 0 aliphatic heterocycles. The summed E-state index contributed by atoms with van der Waals surface area (Å²) in [6.45, 7) is 6.36. The average Bonchev–Trinajstić information content (AvgIpc) is 2.59. The van der Waals surface area contributed by atoms with Gasteiger partial charge in [-0.25, -0.2) is 0 Å². The maximum Gasteiger partial charge on any atom is 0.186 e.